The Bertz CT molecular complexity index is 661. The Hall–Kier alpha value is -1.88. The zero-order valence-corrected chi connectivity index (χ0v) is 12.3. The monoisotopic (exact) mass is 332 g/mol. The Morgan fingerprint density at radius 2 is 2.00 bits per heavy atom. The molecule has 0 saturated heterocycles. The average molecular weight is 333 g/mol. The summed E-state index contributed by atoms with van der Waals surface area (Å²) in [6.07, 6.45) is 2.75. The van der Waals surface area contributed by atoms with Crippen LogP contribution in [-0.2, 0) is 4.79 Å². The Labute approximate surface area is 124 Å². The van der Waals surface area contributed by atoms with Gasteiger partial charge in [-0.3, -0.25) is 9.59 Å². The largest absolute Gasteiger partial charge is 0.333 e. The molecule has 0 fully saturated rings. The highest BCUT2D eigenvalue weighted by Gasteiger charge is 2.29. The highest BCUT2D eigenvalue weighted by atomic mass is 79.9. The summed E-state index contributed by atoms with van der Waals surface area (Å²) in [4.78, 5) is 24.1. The van der Waals surface area contributed by atoms with E-state index in [0.717, 1.165) is 10.2 Å². The summed E-state index contributed by atoms with van der Waals surface area (Å²) in [6, 6.07) is 10.7. The van der Waals surface area contributed by atoms with Crippen LogP contribution in [0.3, 0.4) is 0 Å². The fourth-order valence-corrected chi connectivity index (χ4v) is 2.72. The number of rotatable bonds is 2. The quantitative estimate of drug-likeness (QED) is 0.916. The van der Waals surface area contributed by atoms with E-state index < -0.39 is 0 Å². The summed E-state index contributed by atoms with van der Waals surface area (Å²) in [5.41, 5.74) is 1.37. The van der Waals surface area contributed by atoms with E-state index in [0.29, 0.717) is 18.5 Å². The Kier molecular flexibility index (Phi) is 3.44. The number of ketones is 1. The maximum absolute atomic E-state index is 12.4. The molecular formula is C15H13BrN2O2. The molecule has 0 bridgehead atoms. The highest BCUT2D eigenvalue weighted by Crippen LogP contribution is 2.26. The van der Waals surface area contributed by atoms with Crippen LogP contribution in [0.4, 0.5) is 5.69 Å². The lowest BCUT2D eigenvalue weighted by atomic mass is 10.0. The van der Waals surface area contributed by atoms with E-state index in [2.05, 4.69) is 21.2 Å². The summed E-state index contributed by atoms with van der Waals surface area (Å²) in [6.45, 7) is 0. The van der Waals surface area contributed by atoms with Crippen molar-refractivity contribution in [1.82, 2.24) is 4.57 Å². The molecule has 20 heavy (non-hydrogen) atoms. The van der Waals surface area contributed by atoms with E-state index in [9.17, 15) is 9.59 Å². The molecule has 1 atom stereocenters. The fourth-order valence-electron chi connectivity index (χ4n) is 2.45. The summed E-state index contributed by atoms with van der Waals surface area (Å²) in [7, 11) is 0. The Morgan fingerprint density at radius 3 is 2.75 bits per heavy atom. The van der Waals surface area contributed by atoms with Gasteiger partial charge in [0.15, 0.2) is 5.78 Å². The summed E-state index contributed by atoms with van der Waals surface area (Å²) in [5.74, 6) is 0.0139. The first kappa shape index (κ1) is 13.1. The summed E-state index contributed by atoms with van der Waals surface area (Å²) >= 11 is 3.36. The molecule has 0 spiro atoms. The lowest BCUT2D eigenvalue weighted by Gasteiger charge is -2.24. The first-order valence-electron chi connectivity index (χ1n) is 6.41. The van der Waals surface area contributed by atoms with Gasteiger partial charge in [0.05, 0.1) is 5.69 Å². The molecule has 0 radical (unpaired) electrons. The first-order valence-corrected chi connectivity index (χ1v) is 7.21. The van der Waals surface area contributed by atoms with Gasteiger partial charge in [-0.05, 0) is 42.8 Å². The van der Waals surface area contributed by atoms with Crippen molar-refractivity contribution in [2.45, 2.75) is 18.9 Å². The topological polar surface area (TPSA) is 51.1 Å². The van der Waals surface area contributed by atoms with Crippen LogP contribution in [-0.4, -0.2) is 16.3 Å². The number of anilines is 1. The molecular weight excluding hydrogens is 320 g/mol. The fraction of sp³-hybridized carbons (Fsp3) is 0.200. The molecule has 0 aliphatic carbocycles. The third kappa shape index (κ3) is 2.41. The zero-order valence-electron chi connectivity index (χ0n) is 10.7. The number of carbonyl (C=O) groups is 2. The van der Waals surface area contributed by atoms with E-state index in [1.54, 1.807) is 22.9 Å². The van der Waals surface area contributed by atoms with E-state index in [-0.39, 0.29) is 17.7 Å². The number of benzene rings is 1. The van der Waals surface area contributed by atoms with Crippen LogP contribution in [0.1, 0.15) is 29.4 Å². The second kappa shape index (κ2) is 5.25. The molecule has 1 aromatic heterocycles. The summed E-state index contributed by atoms with van der Waals surface area (Å²) < 4.78 is 2.73. The molecule has 1 aliphatic rings. The number of hydrogen-bond acceptors (Lipinski definition) is 2. The Morgan fingerprint density at radius 1 is 1.25 bits per heavy atom. The molecule has 3 rings (SSSR count). The summed E-state index contributed by atoms with van der Waals surface area (Å²) in [5, 5.41) is 2.89. The molecule has 0 saturated carbocycles. The standard InChI is InChI=1S/C15H13BrN2O2/c16-10-3-5-11(6-4-10)17-15(20)13-7-8-14(19)12-2-1-9-18(12)13/h1-6,9,13H,7-8H2,(H,17,20). The van der Waals surface area contributed by atoms with Crippen molar-refractivity contribution in [3.8, 4) is 0 Å². The number of halogens is 1. The maximum atomic E-state index is 12.4. The number of fused-ring (bicyclic) bond motifs is 1. The Balaban J connectivity index is 1.80. The highest BCUT2D eigenvalue weighted by molar-refractivity contribution is 9.10. The van der Waals surface area contributed by atoms with Crippen molar-refractivity contribution in [3.63, 3.8) is 0 Å². The smallest absolute Gasteiger partial charge is 0.247 e. The number of amides is 1. The van der Waals surface area contributed by atoms with Gasteiger partial charge in [-0.2, -0.15) is 0 Å². The van der Waals surface area contributed by atoms with Crippen LogP contribution in [0, 0.1) is 0 Å². The normalized spacial score (nSPS) is 17.6. The van der Waals surface area contributed by atoms with Crippen LogP contribution in [0.5, 0.6) is 0 Å². The molecule has 1 amide bonds. The third-order valence-electron chi connectivity index (χ3n) is 3.46. The number of hydrogen-bond donors (Lipinski definition) is 1. The number of nitrogens with zero attached hydrogens (tertiary/aromatic N) is 1. The van der Waals surface area contributed by atoms with E-state index in [4.69, 9.17) is 0 Å². The van der Waals surface area contributed by atoms with Crippen LogP contribution in [0.25, 0.3) is 0 Å². The van der Waals surface area contributed by atoms with Crippen molar-refractivity contribution in [3.05, 3.63) is 52.8 Å². The lowest BCUT2D eigenvalue weighted by molar-refractivity contribution is -0.119. The van der Waals surface area contributed by atoms with Gasteiger partial charge in [0.25, 0.3) is 0 Å². The first-order chi connectivity index (χ1) is 9.65. The van der Waals surface area contributed by atoms with Gasteiger partial charge in [0.1, 0.15) is 6.04 Å². The van der Waals surface area contributed by atoms with Crippen LogP contribution in [0.2, 0.25) is 0 Å². The minimum Gasteiger partial charge on any atom is -0.333 e. The SMILES string of the molecule is O=C1CCC(C(=O)Nc2ccc(Br)cc2)n2cccc21. The number of nitrogens with one attached hydrogen (secondary N) is 1. The zero-order chi connectivity index (χ0) is 14.1. The van der Waals surface area contributed by atoms with Gasteiger partial charge in [-0.1, -0.05) is 15.9 Å². The van der Waals surface area contributed by atoms with Gasteiger partial charge < -0.3 is 9.88 Å². The second-order valence-electron chi connectivity index (χ2n) is 4.77. The van der Waals surface area contributed by atoms with Crippen molar-refractivity contribution in [2.75, 3.05) is 5.32 Å². The molecule has 1 aliphatic heterocycles. The van der Waals surface area contributed by atoms with Gasteiger partial charge in [-0.15, -0.1) is 0 Å². The van der Waals surface area contributed by atoms with E-state index in [1.165, 1.54) is 0 Å². The van der Waals surface area contributed by atoms with Crippen LogP contribution >= 0.6 is 15.9 Å². The molecule has 1 N–H and O–H groups in total. The number of carbonyl (C=O) groups excluding carboxylic acids is 2. The van der Waals surface area contributed by atoms with Gasteiger partial charge in [0.2, 0.25) is 5.91 Å². The molecule has 2 heterocycles. The molecule has 102 valence electrons. The maximum Gasteiger partial charge on any atom is 0.247 e. The van der Waals surface area contributed by atoms with E-state index >= 15 is 0 Å². The number of aromatic nitrogens is 1. The lowest BCUT2D eigenvalue weighted by Crippen LogP contribution is -2.31. The number of Topliss-reactive ketones (excluding diaryl/α,β-unsaturated/α-hetero) is 1. The predicted molar refractivity (Wildman–Crippen MR) is 79.8 cm³/mol. The van der Waals surface area contributed by atoms with Crippen molar-refractivity contribution in [2.24, 2.45) is 0 Å². The van der Waals surface area contributed by atoms with E-state index in [1.807, 2.05) is 24.3 Å². The van der Waals surface area contributed by atoms with Crippen molar-refractivity contribution < 1.29 is 9.59 Å². The minimum atomic E-state index is -0.318. The van der Waals surface area contributed by atoms with Crippen LogP contribution in [0.15, 0.2) is 47.1 Å². The molecule has 2 aromatic rings. The molecule has 5 heteroatoms. The van der Waals surface area contributed by atoms with Gasteiger partial charge >= 0.3 is 0 Å². The minimum absolute atomic E-state index is 0.0859. The predicted octanol–water partition coefficient (Wildman–Crippen LogP) is 3.41. The van der Waals surface area contributed by atoms with Crippen LogP contribution < -0.4 is 5.32 Å². The second-order valence-corrected chi connectivity index (χ2v) is 5.69. The molecule has 1 unspecified atom stereocenters. The molecule has 4 nitrogen and oxygen atoms in total. The third-order valence-corrected chi connectivity index (χ3v) is 3.99. The van der Waals surface area contributed by atoms with Crippen molar-refractivity contribution in [1.29, 1.82) is 0 Å². The van der Waals surface area contributed by atoms with Crippen molar-refractivity contribution >= 4 is 33.3 Å². The molecule has 1 aromatic carbocycles. The van der Waals surface area contributed by atoms with Gasteiger partial charge in [0, 0.05) is 22.8 Å². The van der Waals surface area contributed by atoms with Gasteiger partial charge in [-0.25, -0.2) is 0 Å². The average Bonchev–Trinajstić information content (AvgIpc) is 2.92.